The molecule has 0 saturated heterocycles. The van der Waals surface area contributed by atoms with Gasteiger partial charge < -0.3 is 9.47 Å². The zero-order valence-electron chi connectivity index (χ0n) is 10.7. The van der Waals surface area contributed by atoms with Crippen molar-refractivity contribution in [2.24, 2.45) is 0 Å². The van der Waals surface area contributed by atoms with Crippen LogP contribution in [0.1, 0.15) is 18.3 Å². The minimum atomic E-state index is 0.328. The van der Waals surface area contributed by atoms with Crippen LogP contribution >= 0.6 is 15.9 Å². The number of alkyl halides is 1. The summed E-state index contributed by atoms with van der Waals surface area (Å²) in [6, 6.07) is 7.66. The number of hydrogen-bond donors (Lipinski definition) is 0. The van der Waals surface area contributed by atoms with E-state index < -0.39 is 0 Å². The van der Waals surface area contributed by atoms with Crippen LogP contribution in [0.25, 0.3) is 0 Å². The average Bonchev–Trinajstić information content (AvgIpc) is 2.47. The number of nitrogens with zero attached hydrogens (tertiary/aromatic N) is 2. The molecule has 0 fully saturated rings. The molecule has 2 rings (SSSR count). The zero-order chi connectivity index (χ0) is 13.5. The monoisotopic (exact) mass is 322 g/mol. The van der Waals surface area contributed by atoms with Crippen molar-refractivity contribution in [2.75, 3.05) is 6.61 Å². The molecule has 0 amide bonds. The molecule has 2 aromatic rings. The van der Waals surface area contributed by atoms with E-state index in [1.54, 1.807) is 18.5 Å². The zero-order valence-corrected chi connectivity index (χ0v) is 12.3. The van der Waals surface area contributed by atoms with Gasteiger partial charge in [0.2, 0.25) is 0 Å². The fourth-order valence-electron chi connectivity index (χ4n) is 1.57. The van der Waals surface area contributed by atoms with Crippen LogP contribution in [0.2, 0.25) is 0 Å². The topological polar surface area (TPSA) is 44.2 Å². The molecule has 0 atom stereocenters. The van der Waals surface area contributed by atoms with Crippen LogP contribution in [0.4, 0.5) is 0 Å². The molecule has 0 aliphatic carbocycles. The van der Waals surface area contributed by atoms with Crippen LogP contribution < -0.4 is 9.47 Å². The van der Waals surface area contributed by atoms with E-state index in [9.17, 15) is 0 Å². The summed E-state index contributed by atoms with van der Waals surface area (Å²) in [5, 5.41) is 0.787. The Morgan fingerprint density at radius 2 is 1.89 bits per heavy atom. The van der Waals surface area contributed by atoms with Gasteiger partial charge in [-0.3, -0.25) is 0 Å². The van der Waals surface area contributed by atoms with E-state index >= 15 is 0 Å². The lowest BCUT2D eigenvalue weighted by atomic mass is 10.2. The van der Waals surface area contributed by atoms with Gasteiger partial charge in [-0.25, -0.2) is 9.97 Å². The Labute approximate surface area is 120 Å². The van der Waals surface area contributed by atoms with Gasteiger partial charge in [0, 0.05) is 17.7 Å². The molecule has 0 bridgehead atoms. The summed E-state index contributed by atoms with van der Waals surface area (Å²) in [7, 11) is 0. The Balaban J connectivity index is 2.10. The normalized spacial score (nSPS) is 10.2. The fraction of sp³-hybridized carbons (Fsp3) is 0.286. The standard InChI is InChI=1S/C14H15BrN2O2/c1-2-18-13-8-11(9-15)4-5-12(13)19-10-14-16-6-3-7-17-14/h3-8H,2,9-10H2,1H3. The Morgan fingerprint density at radius 1 is 1.11 bits per heavy atom. The van der Waals surface area contributed by atoms with Crippen LogP contribution in [0.3, 0.4) is 0 Å². The predicted molar refractivity (Wildman–Crippen MR) is 76.6 cm³/mol. The maximum absolute atomic E-state index is 5.71. The van der Waals surface area contributed by atoms with Gasteiger partial charge in [0.1, 0.15) is 6.61 Å². The van der Waals surface area contributed by atoms with Gasteiger partial charge in [-0.1, -0.05) is 22.0 Å². The number of benzene rings is 1. The summed E-state index contributed by atoms with van der Waals surface area (Å²) >= 11 is 3.43. The third-order valence-corrected chi connectivity index (χ3v) is 3.09. The molecule has 100 valence electrons. The number of rotatable bonds is 6. The van der Waals surface area contributed by atoms with Crippen molar-refractivity contribution in [3.8, 4) is 11.5 Å². The highest BCUT2D eigenvalue weighted by Gasteiger charge is 2.07. The lowest BCUT2D eigenvalue weighted by Crippen LogP contribution is -2.03. The van der Waals surface area contributed by atoms with Gasteiger partial charge in [0.25, 0.3) is 0 Å². The first-order valence-corrected chi connectivity index (χ1v) is 7.16. The predicted octanol–water partition coefficient (Wildman–Crippen LogP) is 3.35. The van der Waals surface area contributed by atoms with Crippen LogP contribution in [0.5, 0.6) is 11.5 Å². The Morgan fingerprint density at radius 3 is 2.58 bits per heavy atom. The van der Waals surface area contributed by atoms with Gasteiger partial charge in [-0.05, 0) is 30.7 Å². The first-order valence-electron chi connectivity index (χ1n) is 6.04. The van der Waals surface area contributed by atoms with Crippen LogP contribution in [-0.2, 0) is 11.9 Å². The third kappa shape index (κ3) is 3.92. The highest BCUT2D eigenvalue weighted by molar-refractivity contribution is 9.08. The molecule has 19 heavy (non-hydrogen) atoms. The van der Waals surface area contributed by atoms with Crippen LogP contribution in [0, 0.1) is 0 Å². The molecular weight excluding hydrogens is 308 g/mol. The lowest BCUT2D eigenvalue weighted by molar-refractivity contribution is 0.263. The fourth-order valence-corrected chi connectivity index (χ4v) is 1.92. The second-order valence-electron chi connectivity index (χ2n) is 3.80. The molecule has 4 nitrogen and oxygen atoms in total. The van der Waals surface area contributed by atoms with Gasteiger partial charge >= 0.3 is 0 Å². The second kappa shape index (κ2) is 7.09. The molecule has 0 saturated carbocycles. The highest BCUT2D eigenvalue weighted by atomic mass is 79.9. The molecule has 0 spiro atoms. The van der Waals surface area contributed by atoms with E-state index in [4.69, 9.17) is 9.47 Å². The molecule has 0 aliphatic heterocycles. The number of aromatic nitrogens is 2. The van der Waals surface area contributed by atoms with Gasteiger partial charge in [0.15, 0.2) is 17.3 Å². The summed E-state index contributed by atoms with van der Waals surface area (Å²) in [6.45, 7) is 2.88. The van der Waals surface area contributed by atoms with Gasteiger partial charge in [-0.2, -0.15) is 0 Å². The van der Waals surface area contributed by atoms with E-state index in [0.717, 1.165) is 16.6 Å². The molecule has 0 N–H and O–H groups in total. The maximum Gasteiger partial charge on any atom is 0.166 e. The summed E-state index contributed by atoms with van der Waals surface area (Å²) < 4.78 is 11.3. The molecular formula is C14H15BrN2O2. The summed E-state index contributed by atoms with van der Waals surface area (Å²) in [4.78, 5) is 8.24. The molecule has 0 aliphatic rings. The first kappa shape index (κ1) is 13.8. The Hall–Kier alpha value is -1.62. The Kier molecular flexibility index (Phi) is 5.15. The Bertz CT molecular complexity index is 520. The summed E-state index contributed by atoms with van der Waals surface area (Å²) in [6.07, 6.45) is 3.40. The second-order valence-corrected chi connectivity index (χ2v) is 4.36. The average molecular weight is 323 g/mol. The molecule has 0 radical (unpaired) electrons. The summed E-state index contributed by atoms with van der Waals surface area (Å²) in [5.41, 5.74) is 1.15. The minimum Gasteiger partial charge on any atom is -0.490 e. The molecule has 1 aromatic carbocycles. The van der Waals surface area contributed by atoms with Crippen molar-refractivity contribution >= 4 is 15.9 Å². The van der Waals surface area contributed by atoms with E-state index in [0.29, 0.717) is 24.8 Å². The summed E-state index contributed by atoms with van der Waals surface area (Å²) in [5.74, 6) is 2.10. The van der Waals surface area contributed by atoms with E-state index in [1.165, 1.54) is 0 Å². The van der Waals surface area contributed by atoms with Gasteiger partial charge in [-0.15, -0.1) is 0 Å². The molecule has 5 heteroatoms. The number of halogens is 1. The van der Waals surface area contributed by atoms with Crippen LogP contribution in [-0.4, -0.2) is 16.6 Å². The highest BCUT2D eigenvalue weighted by Crippen LogP contribution is 2.29. The van der Waals surface area contributed by atoms with E-state index in [-0.39, 0.29) is 0 Å². The van der Waals surface area contributed by atoms with Crippen molar-refractivity contribution in [1.82, 2.24) is 9.97 Å². The van der Waals surface area contributed by atoms with Crippen LogP contribution in [0.15, 0.2) is 36.7 Å². The SMILES string of the molecule is CCOc1cc(CBr)ccc1OCc1ncccn1. The molecule has 1 aromatic heterocycles. The smallest absolute Gasteiger partial charge is 0.166 e. The van der Waals surface area contributed by atoms with E-state index in [1.807, 2.05) is 25.1 Å². The number of ether oxygens (including phenoxy) is 2. The molecule has 0 unspecified atom stereocenters. The largest absolute Gasteiger partial charge is 0.490 e. The maximum atomic E-state index is 5.71. The van der Waals surface area contributed by atoms with Crippen molar-refractivity contribution in [2.45, 2.75) is 18.9 Å². The van der Waals surface area contributed by atoms with E-state index in [2.05, 4.69) is 25.9 Å². The molecule has 1 heterocycles. The van der Waals surface area contributed by atoms with Crippen molar-refractivity contribution in [1.29, 1.82) is 0 Å². The van der Waals surface area contributed by atoms with Crippen molar-refractivity contribution < 1.29 is 9.47 Å². The minimum absolute atomic E-state index is 0.328. The lowest BCUT2D eigenvalue weighted by Gasteiger charge is -2.12. The third-order valence-electron chi connectivity index (χ3n) is 2.44. The first-order chi connectivity index (χ1) is 9.33. The number of hydrogen-bond acceptors (Lipinski definition) is 4. The quantitative estimate of drug-likeness (QED) is 0.765. The van der Waals surface area contributed by atoms with Crippen molar-refractivity contribution in [3.63, 3.8) is 0 Å². The van der Waals surface area contributed by atoms with Gasteiger partial charge in [0.05, 0.1) is 6.61 Å². The van der Waals surface area contributed by atoms with Crippen molar-refractivity contribution in [3.05, 3.63) is 48.0 Å².